The molecule has 1 aromatic rings. The number of nitrogens with zero attached hydrogens (tertiary/aromatic N) is 1. The number of aliphatic hydroxyl groups is 1. The van der Waals surface area contributed by atoms with Crippen LogP contribution in [-0.2, 0) is 4.79 Å². The van der Waals surface area contributed by atoms with Crippen LogP contribution in [0, 0.1) is 17.1 Å². The summed E-state index contributed by atoms with van der Waals surface area (Å²) in [4.78, 5) is 10.6. The van der Waals surface area contributed by atoms with E-state index in [9.17, 15) is 23.1 Å². The van der Waals surface area contributed by atoms with Gasteiger partial charge in [-0.05, 0) is 12.1 Å². The Kier molecular flexibility index (Phi) is 4.12. The van der Waals surface area contributed by atoms with Gasteiger partial charge in [0.1, 0.15) is 0 Å². The van der Waals surface area contributed by atoms with Crippen LogP contribution in [0.15, 0.2) is 12.1 Å². The van der Waals surface area contributed by atoms with E-state index in [-0.39, 0.29) is 5.56 Å². The maximum absolute atomic E-state index is 13.4. The Morgan fingerprint density at radius 2 is 2.06 bits per heavy atom. The van der Waals surface area contributed by atoms with Crippen molar-refractivity contribution in [2.24, 2.45) is 0 Å². The van der Waals surface area contributed by atoms with Crippen molar-refractivity contribution in [2.45, 2.75) is 12.7 Å². The molecule has 0 amide bonds. The number of hydrogen-bond acceptors (Lipinski definition) is 4. The summed E-state index contributed by atoms with van der Waals surface area (Å²) in [7, 11) is 0. The zero-order valence-corrected chi connectivity index (χ0v) is 8.60. The van der Waals surface area contributed by atoms with Gasteiger partial charge in [-0.1, -0.05) is 0 Å². The number of hydrogen-bond donors (Lipinski definition) is 2. The summed E-state index contributed by atoms with van der Waals surface area (Å²) in [5, 5.41) is 26.3. The van der Waals surface area contributed by atoms with Gasteiger partial charge in [0.15, 0.2) is 17.7 Å². The number of benzene rings is 1. The lowest BCUT2D eigenvalue weighted by atomic mass is 10.0. The summed E-state index contributed by atoms with van der Waals surface area (Å²) in [6, 6.07) is 2.85. The number of carboxylic acids is 1. The van der Waals surface area contributed by atoms with E-state index in [0.717, 1.165) is 6.07 Å². The predicted molar refractivity (Wildman–Crippen MR) is 50.3 cm³/mol. The Balaban J connectivity index is 3.38. The lowest BCUT2D eigenvalue weighted by molar-refractivity contribution is -0.147. The molecule has 0 aliphatic rings. The van der Waals surface area contributed by atoms with Crippen LogP contribution in [0.3, 0.4) is 0 Å². The highest BCUT2D eigenvalue weighted by molar-refractivity contribution is 5.75. The molecule has 0 fully saturated rings. The third-order valence-corrected chi connectivity index (χ3v) is 1.94. The first-order valence-electron chi connectivity index (χ1n) is 4.46. The van der Waals surface area contributed by atoms with Gasteiger partial charge in [0.2, 0.25) is 0 Å². The Bertz CT molecular complexity index is 513. The van der Waals surface area contributed by atoms with Crippen LogP contribution in [-0.4, -0.2) is 22.8 Å². The molecule has 5 nitrogen and oxygen atoms in total. The van der Waals surface area contributed by atoms with Crippen molar-refractivity contribution in [3.8, 4) is 11.8 Å². The Hall–Kier alpha value is -2.27. The molecule has 0 saturated heterocycles. The summed E-state index contributed by atoms with van der Waals surface area (Å²) in [5.74, 6) is -4.24. The number of aliphatic carboxylic acids is 1. The number of nitriles is 1. The van der Waals surface area contributed by atoms with Gasteiger partial charge in [-0.2, -0.15) is 14.0 Å². The first-order valence-corrected chi connectivity index (χ1v) is 4.46. The van der Waals surface area contributed by atoms with E-state index in [1.807, 2.05) is 0 Å². The molecular formula is C10H6F3NO4. The highest BCUT2D eigenvalue weighted by Gasteiger charge is 2.26. The van der Waals surface area contributed by atoms with Crippen LogP contribution in [0.4, 0.5) is 13.2 Å². The molecule has 0 aliphatic carbocycles. The van der Waals surface area contributed by atoms with Gasteiger partial charge in [-0.15, -0.1) is 0 Å². The van der Waals surface area contributed by atoms with E-state index in [1.54, 1.807) is 0 Å². The minimum atomic E-state index is -3.40. The number of halogens is 3. The Morgan fingerprint density at radius 3 is 2.50 bits per heavy atom. The van der Waals surface area contributed by atoms with Crippen molar-refractivity contribution < 1.29 is 32.9 Å². The fourth-order valence-electron chi connectivity index (χ4n) is 1.23. The minimum absolute atomic E-state index is 0.329. The van der Waals surface area contributed by atoms with Gasteiger partial charge in [-0.3, -0.25) is 0 Å². The molecule has 0 aliphatic heterocycles. The first kappa shape index (κ1) is 13.8. The van der Waals surface area contributed by atoms with Crippen molar-refractivity contribution in [1.82, 2.24) is 0 Å². The summed E-state index contributed by atoms with van der Waals surface area (Å²) in [6.45, 7) is -3.40. The third-order valence-electron chi connectivity index (χ3n) is 1.94. The first-order chi connectivity index (χ1) is 8.36. The fourth-order valence-corrected chi connectivity index (χ4v) is 1.23. The molecule has 0 heterocycles. The highest BCUT2D eigenvalue weighted by atomic mass is 19.3. The molecule has 18 heavy (non-hydrogen) atoms. The van der Waals surface area contributed by atoms with E-state index in [0.29, 0.717) is 6.07 Å². The highest BCUT2D eigenvalue weighted by Crippen LogP contribution is 2.31. The van der Waals surface area contributed by atoms with E-state index < -0.39 is 35.8 Å². The fraction of sp³-hybridized carbons (Fsp3) is 0.200. The van der Waals surface area contributed by atoms with Crippen LogP contribution < -0.4 is 4.74 Å². The normalized spacial score (nSPS) is 12.0. The van der Waals surface area contributed by atoms with Crippen LogP contribution in [0.2, 0.25) is 0 Å². The molecule has 1 rings (SSSR count). The number of carbonyl (C=O) groups is 1. The van der Waals surface area contributed by atoms with Crippen LogP contribution >= 0.6 is 0 Å². The molecule has 2 N–H and O–H groups in total. The van der Waals surface area contributed by atoms with Crippen LogP contribution in [0.1, 0.15) is 17.2 Å². The van der Waals surface area contributed by atoms with E-state index in [1.165, 1.54) is 6.07 Å². The molecule has 1 atom stereocenters. The van der Waals surface area contributed by atoms with Gasteiger partial charge in [0, 0.05) is 5.56 Å². The Morgan fingerprint density at radius 1 is 1.44 bits per heavy atom. The van der Waals surface area contributed by atoms with Gasteiger partial charge < -0.3 is 14.9 Å². The SMILES string of the molecule is N#Cc1cc(F)c(OC(F)F)c(C(O)C(=O)O)c1. The zero-order chi connectivity index (χ0) is 13.9. The van der Waals surface area contributed by atoms with E-state index in [4.69, 9.17) is 10.4 Å². The van der Waals surface area contributed by atoms with Crippen molar-refractivity contribution >= 4 is 5.97 Å². The van der Waals surface area contributed by atoms with Crippen molar-refractivity contribution in [3.05, 3.63) is 29.1 Å². The number of rotatable bonds is 4. The average molecular weight is 261 g/mol. The molecule has 0 aromatic heterocycles. The Labute approximate surface area is 98.6 Å². The molecule has 8 heteroatoms. The summed E-state index contributed by atoms with van der Waals surface area (Å²) in [6.07, 6.45) is -2.28. The zero-order valence-electron chi connectivity index (χ0n) is 8.60. The van der Waals surface area contributed by atoms with Crippen molar-refractivity contribution in [2.75, 3.05) is 0 Å². The third kappa shape index (κ3) is 2.89. The van der Waals surface area contributed by atoms with Gasteiger partial charge in [0.05, 0.1) is 11.6 Å². The number of carboxylic acid groups (broad SMARTS) is 1. The lowest BCUT2D eigenvalue weighted by Gasteiger charge is -2.14. The molecule has 96 valence electrons. The second-order valence-electron chi connectivity index (χ2n) is 3.11. The van der Waals surface area contributed by atoms with Gasteiger partial charge in [-0.25, -0.2) is 9.18 Å². The van der Waals surface area contributed by atoms with Crippen molar-refractivity contribution in [3.63, 3.8) is 0 Å². The predicted octanol–water partition coefficient (Wildman–Crippen LogP) is 1.42. The monoisotopic (exact) mass is 261 g/mol. The number of ether oxygens (including phenoxy) is 1. The summed E-state index contributed by atoms with van der Waals surface area (Å²) >= 11 is 0. The molecule has 0 saturated carbocycles. The van der Waals surface area contributed by atoms with Gasteiger partial charge in [0.25, 0.3) is 0 Å². The molecule has 0 bridgehead atoms. The average Bonchev–Trinajstić information content (AvgIpc) is 2.29. The van der Waals surface area contributed by atoms with Crippen LogP contribution in [0.25, 0.3) is 0 Å². The minimum Gasteiger partial charge on any atom is -0.479 e. The number of alkyl halides is 2. The topological polar surface area (TPSA) is 90.5 Å². The van der Waals surface area contributed by atoms with Crippen molar-refractivity contribution in [1.29, 1.82) is 5.26 Å². The molecule has 0 spiro atoms. The molecule has 1 aromatic carbocycles. The smallest absolute Gasteiger partial charge is 0.387 e. The largest absolute Gasteiger partial charge is 0.479 e. The quantitative estimate of drug-likeness (QED) is 0.855. The van der Waals surface area contributed by atoms with Gasteiger partial charge >= 0.3 is 12.6 Å². The maximum Gasteiger partial charge on any atom is 0.387 e. The molecular weight excluding hydrogens is 255 g/mol. The molecule has 0 radical (unpaired) electrons. The van der Waals surface area contributed by atoms with Crippen LogP contribution in [0.5, 0.6) is 5.75 Å². The van der Waals surface area contributed by atoms with E-state index in [2.05, 4.69) is 4.74 Å². The second kappa shape index (κ2) is 5.37. The standard InChI is InChI=1S/C10H6F3NO4/c11-6-2-4(3-14)1-5(7(15)9(16)17)8(6)18-10(12)13/h1-2,7,10,15H,(H,16,17). The number of aliphatic hydroxyl groups excluding tert-OH is 1. The molecule has 1 unspecified atom stereocenters. The summed E-state index contributed by atoms with van der Waals surface area (Å²) < 4.78 is 41.3. The van der Waals surface area contributed by atoms with E-state index >= 15 is 0 Å². The second-order valence-corrected chi connectivity index (χ2v) is 3.11. The summed E-state index contributed by atoms with van der Waals surface area (Å²) in [5.41, 5.74) is -1.08. The lowest BCUT2D eigenvalue weighted by Crippen LogP contribution is -2.15. The maximum atomic E-state index is 13.4.